The lowest BCUT2D eigenvalue weighted by atomic mass is 10.1. The standard InChI is InChI=1S/C9H13ClN2O4S/c1-9(5-13,6-14)12-17(15,16)7-2-3-11-8(10)4-7/h2-4,12-14H,5-6H2,1H3. The molecule has 0 spiro atoms. The van der Waals surface area contributed by atoms with E-state index in [9.17, 15) is 8.42 Å². The minimum Gasteiger partial charge on any atom is -0.394 e. The van der Waals surface area contributed by atoms with Crippen molar-refractivity contribution in [3.63, 3.8) is 0 Å². The van der Waals surface area contributed by atoms with Gasteiger partial charge in [0.15, 0.2) is 0 Å². The first kappa shape index (κ1) is 14.3. The van der Waals surface area contributed by atoms with Crippen molar-refractivity contribution in [3.8, 4) is 0 Å². The zero-order chi connectivity index (χ0) is 13.1. The van der Waals surface area contributed by atoms with Gasteiger partial charge in [0.05, 0.1) is 23.6 Å². The highest BCUT2D eigenvalue weighted by molar-refractivity contribution is 7.89. The lowest BCUT2D eigenvalue weighted by molar-refractivity contribution is 0.122. The molecule has 0 unspecified atom stereocenters. The second-order valence-electron chi connectivity index (χ2n) is 3.80. The van der Waals surface area contributed by atoms with Gasteiger partial charge in [-0.05, 0) is 19.1 Å². The van der Waals surface area contributed by atoms with Crippen LogP contribution in [0.5, 0.6) is 0 Å². The maximum Gasteiger partial charge on any atom is 0.241 e. The van der Waals surface area contributed by atoms with Gasteiger partial charge >= 0.3 is 0 Å². The van der Waals surface area contributed by atoms with Crippen LogP contribution in [-0.2, 0) is 10.0 Å². The van der Waals surface area contributed by atoms with E-state index in [0.29, 0.717) is 0 Å². The van der Waals surface area contributed by atoms with E-state index in [1.165, 1.54) is 25.3 Å². The lowest BCUT2D eigenvalue weighted by Crippen LogP contribution is -2.51. The molecule has 0 aromatic carbocycles. The maximum atomic E-state index is 11.9. The summed E-state index contributed by atoms with van der Waals surface area (Å²) in [5.74, 6) is 0. The summed E-state index contributed by atoms with van der Waals surface area (Å²) in [5, 5.41) is 18.1. The van der Waals surface area contributed by atoms with Gasteiger partial charge < -0.3 is 10.2 Å². The molecule has 1 aromatic heterocycles. The second-order valence-corrected chi connectivity index (χ2v) is 5.87. The van der Waals surface area contributed by atoms with Crippen LogP contribution >= 0.6 is 11.6 Å². The molecule has 0 atom stereocenters. The van der Waals surface area contributed by atoms with E-state index in [1.807, 2.05) is 0 Å². The number of hydrogen-bond donors (Lipinski definition) is 3. The molecule has 0 bridgehead atoms. The van der Waals surface area contributed by atoms with Crippen LogP contribution in [0.15, 0.2) is 23.2 Å². The van der Waals surface area contributed by atoms with Crippen molar-refractivity contribution < 1.29 is 18.6 Å². The Morgan fingerprint density at radius 1 is 1.47 bits per heavy atom. The van der Waals surface area contributed by atoms with Gasteiger partial charge in [0.2, 0.25) is 10.0 Å². The Labute approximate surface area is 104 Å². The topological polar surface area (TPSA) is 99.5 Å². The number of aromatic nitrogens is 1. The maximum absolute atomic E-state index is 11.9. The van der Waals surface area contributed by atoms with E-state index in [0.717, 1.165) is 0 Å². The Balaban J connectivity index is 3.05. The molecule has 6 nitrogen and oxygen atoms in total. The number of nitrogens with one attached hydrogen (secondary N) is 1. The van der Waals surface area contributed by atoms with Gasteiger partial charge in [-0.15, -0.1) is 0 Å². The molecule has 3 N–H and O–H groups in total. The molecule has 0 aliphatic carbocycles. The third-order valence-electron chi connectivity index (χ3n) is 2.09. The molecule has 0 amide bonds. The SMILES string of the molecule is CC(CO)(CO)NS(=O)(=O)c1ccnc(Cl)c1. The Morgan fingerprint density at radius 2 is 2.06 bits per heavy atom. The third-order valence-corrected chi connectivity index (χ3v) is 3.93. The number of hydrogen-bond acceptors (Lipinski definition) is 5. The average molecular weight is 281 g/mol. The Hall–Kier alpha value is -0.730. The first-order valence-electron chi connectivity index (χ1n) is 4.70. The van der Waals surface area contributed by atoms with Gasteiger partial charge in [-0.3, -0.25) is 0 Å². The van der Waals surface area contributed by atoms with E-state index in [-0.39, 0.29) is 10.0 Å². The predicted octanol–water partition coefficient (Wildman–Crippen LogP) is -0.243. The molecule has 0 aliphatic heterocycles. The Morgan fingerprint density at radius 3 is 2.53 bits per heavy atom. The van der Waals surface area contributed by atoms with Crippen molar-refractivity contribution in [3.05, 3.63) is 23.5 Å². The monoisotopic (exact) mass is 280 g/mol. The molecule has 1 rings (SSSR count). The highest BCUT2D eigenvalue weighted by atomic mass is 35.5. The van der Waals surface area contributed by atoms with Crippen molar-refractivity contribution in [2.24, 2.45) is 0 Å². The first-order chi connectivity index (χ1) is 7.83. The van der Waals surface area contributed by atoms with E-state index in [2.05, 4.69) is 9.71 Å². The zero-order valence-corrected chi connectivity index (χ0v) is 10.7. The molecule has 0 radical (unpaired) electrons. The molecule has 0 saturated heterocycles. The number of sulfonamides is 1. The van der Waals surface area contributed by atoms with Crippen LogP contribution in [0.1, 0.15) is 6.92 Å². The molecular weight excluding hydrogens is 268 g/mol. The molecule has 1 aromatic rings. The van der Waals surface area contributed by atoms with Crippen LogP contribution in [-0.4, -0.2) is 42.4 Å². The van der Waals surface area contributed by atoms with Gasteiger partial charge in [0.25, 0.3) is 0 Å². The Bertz CT molecular complexity index is 488. The van der Waals surface area contributed by atoms with E-state index in [1.54, 1.807) is 0 Å². The van der Waals surface area contributed by atoms with E-state index < -0.39 is 28.8 Å². The van der Waals surface area contributed by atoms with Gasteiger partial charge in [-0.1, -0.05) is 11.6 Å². The van der Waals surface area contributed by atoms with E-state index >= 15 is 0 Å². The Kier molecular flexibility index (Phi) is 4.45. The molecule has 17 heavy (non-hydrogen) atoms. The number of pyridine rings is 1. The third kappa shape index (κ3) is 3.62. The zero-order valence-electron chi connectivity index (χ0n) is 9.09. The summed E-state index contributed by atoms with van der Waals surface area (Å²) in [4.78, 5) is 3.59. The van der Waals surface area contributed by atoms with Crippen LogP contribution in [0.4, 0.5) is 0 Å². The van der Waals surface area contributed by atoms with Crippen molar-refractivity contribution in [1.29, 1.82) is 0 Å². The quantitative estimate of drug-likeness (QED) is 0.646. The van der Waals surface area contributed by atoms with Crippen LogP contribution in [0.3, 0.4) is 0 Å². The highest BCUT2D eigenvalue weighted by Crippen LogP contribution is 2.15. The molecule has 96 valence electrons. The van der Waals surface area contributed by atoms with Crippen LogP contribution in [0, 0.1) is 0 Å². The lowest BCUT2D eigenvalue weighted by Gasteiger charge is -2.25. The summed E-state index contributed by atoms with van der Waals surface area (Å²) in [7, 11) is -3.86. The van der Waals surface area contributed by atoms with Crippen molar-refractivity contribution in [1.82, 2.24) is 9.71 Å². The van der Waals surface area contributed by atoms with Gasteiger partial charge in [-0.2, -0.15) is 0 Å². The van der Waals surface area contributed by atoms with Gasteiger partial charge in [0.1, 0.15) is 5.15 Å². The first-order valence-corrected chi connectivity index (χ1v) is 6.56. The number of aliphatic hydroxyl groups is 2. The molecule has 8 heteroatoms. The van der Waals surface area contributed by atoms with Crippen LogP contribution in [0.25, 0.3) is 0 Å². The number of aliphatic hydroxyl groups excluding tert-OH is 2. The minimum atomic E-state index is -3.86. The second kappa shape index (κ2) is 5.28. The highest BCUT2D eigenvalue weighted by Gasteiger charge is 2.29. The van der Waals surface area contributed by atoms with Gasteiger partial charge in [0, 0.05) is 6.20 Å². The van der Waals surface area contributed by atoms with Gasteiger partial charge in [-0.25, -0.2) is 18.1 Å². The normalized spacial score (nSPS) is 12.7. The number of rotatable bonds is 5. The molecule has 0 aliphatic rings. The number of halogens is 1. The average Bonchev–Trinajstić information content (AvgIpc) is 2.28. The summed E-state index contributed by atoms with van der Waals surface area (Å²) < 4.78 is 26.0. The molecule has 0 fully saturated rings. The van der Waals surface area contributed by atoms with Crippen molar-refractivity contribution >= 4 is 21.6 Å². The van der Waals surface area contributed by atoms with E-state index in [4.69, 9.17) is 21.8 Å². The summed E-state index contributed by atoms with van der Waals surface area (Å²) in [5.41, 5.74) is -1.32. The molecule has 0 saturated carbocycles. The molecule has 1 heterocycles. The fourth-order valence-electron chi connectivity index (χ4n) is 1.05. The molecular formula is C9H13ClN2O4S. The van der Waals surface area contributed by atoms with Crippen LogP contribution in [0.2, 0.25) is 5.15 Å². The summed E-state index contributed by atoms with van der Waals surface area (Å²) >= 11 is 5.59. The predicted molar refractivity (Wildman–Crippen MR) is 62.1 cm³/mol. The van der Waals surface area contributed by atoms with Crippen LogP contribution < -0.4 is 4.72 Å². The minimum absolute atomic E-state index is 0.0441. The summed E-state index contributed by atoms with van der Waals surface area (Å²) in [6.07, 6.45) is 1.26. The fourth-order valence-corrected chi connectivity index (χ4v) is 2.69. The van der Waals surface area contributed by atoms with Crippen molar-refractivity contribution in [2.75, 3.05) is 13.2 Å². The smallest absolute Gasteiger partial charge is 0.241 e. The van der Waals surface area contributed by atoms with Crippen molar-refractivity contribution in [2.45, 2.75) is 17.4 Å². The number of nitrogens with zero attached hydrogens (tertiary/aromatic N) is 1. The largest absolute Gasteiger partial charge is 0.394 e. The summed E-state index contributed by atoms with van der Waals surface area (Å²) in [6.45, 7) is 0.330. The summed E-state index contributed by atoms with van der Waals surface area (Å²) in [6, 6.07) is 2.45. The fraction of sp³-hybridized carbons (Fsp3) is 0.444.